The van der Waals surface area contributed by atoms with Crippen LogP contribution in [0.5, 0.6) is 0 Å². The Labute approximate surface area is 101 Å². The van der Waals surface area contributed by atoms with Crippen LogP contribution in [0.25, 0.3) is 0 Å². The number of ketones is 1. The van der Waals surface area contributed by atoms with E-state index in [2.05, 4.69) is 0 Å². The predicted molar refractivity (Wildman–Crippen MR) is 58.1 cm³/mol. The SMILES string of the molecule is O=C(Cc1cc(F)ccc1F)c1ccc(Cl)o1. The molecule has 5 heteroatoms. The van der Waals surface area contributed by atoms with Crippen molar-refractivity contribution >= 4 is 17.4 Å². The van der Waals surface area contributed by atoms with Gasteiger partial charge in [-0.3, -0.25) is 4.79 Å². The van der Waals surface area contributed by atoms with E-state index >= 15 is 0 Å². The Morgan fingerprint density at radius 3 is 2.65 bits per heavy atom. The van der Waals surface area contributed by atoms with E-state index in [-0.39, 0.29) is 23.0 Å². The summed E-state index contributed by atoms with van der Waals surface area (Å²) in [5.74, 6) is -1.65. The molecule has 2 nitrogen and oxygen atoms in total. The highest BCUT2D eigenvalue weighted by Gasteiger charge is 2.14. The van der Waals surface area contributed by atoms with Gasteiger partial charge < -0.3 is 4.42 Å². The molecule has 88 valence electrons. The average Bonchev–Trinajstić information content (AvgIpc) is 2.70. The molecule has 0 aliphatic rings. The van der Waals surface area contributed by atoms with Crippen molar-refractivity contribution in [2.24, 2.45) is 0 Å². The van der Waals surface area contributed by atoms with Crippen molar-refractivity contribution in [1.29, 1.82) is 0 Å². The summed E-state index contributed by atoms with van der Waals surface area (Å²) in [5.41, 5.74) is -0.0116. The zero-order valence-corrected chi connectivity index (χ0v) is 9.30. The highest BCUT2D eigenvalue weighted by molar-refractivity contribution is 6.29. The second kappa shape index (κ2) is 4.67. The van der Waals surface area contributed by atoms with E-state index in [0.717, 1.165) is 18.2 Å². The summed E-state index contributed by atoms with van der Waals surface area (Å²) in [4.78, 5) is 11.6. The first-order chi connectivity index (χ1) is 8.06. The minimum Gasteiger partial charge on any atom is -0.442 e. The molecule has 0 spiro atoms. The summed E-state index contributed by atoms with van der Waals surface area (Å²) in [5, 5.41) is 0.0769. The van der Waals surface area contributed by atoms with Gasteiger partial charge in [0.1, 0.15) is 11.6 Å². The molecule has 0 radical (unpaired) electrons. The lowest BCUT2D eigenvalue weighted by molar-refractivity contribution is 0.0965. The predicted octanol–water partition coefficient (Wildman–Crippen LogP) is 3.64. The summed E-state index contributed by atoms with van der Waals surface area (Å²) in [7, 11) is 0. The van der Waals surface area contributed by atoms with Gasteiger partial charge in [-0.05, 0) is 47.5 Å². The molecule has 0 fully saturated rings. The van der Waals surface area contributed by atoms with Crippen LogP contribution < -0.4 is 0 Å². The molecule has 0 unspecified atom stereocenters. The molecule has 0 aliphatic heterocycles. The summed E-state index contributed by atoms with van der Waals surface area (Å²) >= 11 is 5.51. The first kappa shape index (κ1) is 11.8. The van der Waals surface area contributed by atoms with Gasteiger partial charge >= 0.3 is 0 Å². The average molecular weight is 257 g/mol. The van der Waals surface area contributed by atoms with Gasteiger partial charge in [0, 0.05) is 6.42 Å². The molecule has 0 aliphatic carbocycles. The van der Waals surface area contributed by atoms with E-state index in [1.165, 1.54) is 12.1 Å². The number of hydrogen-bond donors (Lipinski definition) is 0. The number of carbonyl (C=O) groups excluding carboxylic acids is 1. The molecule has 1 aromatic heterocycles. The third kappa shape index (κ3) is 2.71. The second-order valence-corrected chi connectivity index (χ2v) is 3.81. The van der Waals surface area contributed by atoms with E-state index in [9.17, 15) is 13.6 Å². The highest BCUT2D eigenvalue weighted by atomic mass is 35.5. The van der Waals surface area contributed by atoms with Crippen LogP contribution in [0.4, 0.5) is 8.78 Å². The van der Waals surface area contributed by atoms with Gasteiger partial charge in [0.15, 0.2) is 11.0 Å². The first-order valence-electron chi connectivity index (χ1n) is 4.79. The van der Waals surface area contributed by atoms with Crippen molar-refractivity contribution < 1.29 is 18.0 Å². The van der Waals surface area contributed by atoms with Crippen LogP contribution in [-0.4, -0.2) is 5.78 Å². The molecule has 0 bridgehead atoms. The molecule has 0 saturated heterocycles. The van der Waals surface area contributed by atoms with Gasteiger partial charge in [-0.15, -0.1) is 0 Å². The van der Waals surface area contributed by atoms with Gasteiger partial charge in [-0.25, -0.2) is 8.78 Å². The standard InChI is InChI=1S/C12H7ClF2O2/c13-12-4-3-11(17-12)10(16)6-7-5-8(14)1-2-9(7)15/h1-5H,6H2. The largest absolute Gasteiger partial charge is 0.442 e. The number of benzene rings is 1. The second-order valence-electron chi connectivity index (χ2n) is 3.44. The number of Topliss-reactive ketones (excluding diaryl/α,β-unsaturated/α-hetero) is 1. The Bertz CT molecular complexity index is 563. The van der Waals surface area contributed by atoms with Crippen LogP contribution in [0.2, 0.25) is 5.22 Å². The Balaban J connectivity index is 2.21. The zero-order valence-electron chi connectivity index (χ0n) is 8.54. The van der Waals surface area contributed by atoms with E-state index in [4.69, 9.17) is 16.0 Å². The first-order valence-corrected chi connectivity index (χ1v) is 5.16. The topological polar surface area (TPSA) is 30.2 Å². The van der Waals surface area contributed by atoms with Crippen LogP contribution in [-0.2, 0) is 6.42 Å². The summed E-state index contributed by atoms with van der Waals surface area (Å²) < 4.78 is 31.0. The quantitative estimate of drug-likeness (QED) is 0.785. The number of halogens is 3. The lowest BCUT2D eigenvalue weighted by Crippen LogP contribution is -2.04. The maximum atomic E-state index is 13.3. The summed E-state index contributed by atoms with van der Waals surface area (Å²) in [6, 6.07) is 5.76. The fourth-order valence-electron chi connectivity index (χ4n) is 1.40. The van der Waals surface area contributed by atoms with E-state index in [0.29, 0.717) is 0 Å². The normalized spacial score (nSPS) is 10.5. The van der Waals surface area contributed by atoms with Crippen molar-refractivity contribution in [3.05, 3.63) is 58.5 Å². The molecule has 0 atom stereocenters. The maximum absolute atomic E-state index is 13.3. The van der Waals surface area contributed by atoms with E-state index < -0.39 is 17.4 Å². The minimum absolute atomic E-state index is 0.0116. The number of hydrogen-bond acceptors (Lipinski definition) is 2. The third-order valence-corrected chi connectivity index (χ3v) is 2.41. The molecule has 0 amide bonds. The lowest BCUT2D eigenvalue weighted by Gasteiger charge is -2.01. The van der Waals surface area contributed by atoms with Crippen LogP contribution in [0.15, 0.2) is 34.7 Å². The van der Waals surface area contributed by atoms with E-state index in [1.54, 1.807) is 0 Å². The summed E-state index contributed by atoms with van der Waals surface area (Å²) in [6.07, 6.45) is -0.270. The molecule has 2 aromatic rings. The third-order valence-electron chi connectivity index (χ3n) is 2.21. The molecular weight excluding hydrogens is 250 g/mol. The maximum Gasteiger partial charge on any atom is 0.202 e. The van der Waals surface area contributed by atoms with Crippen molar-refractivity contribution in [3.8, 4) is 0 Å². The van der Waals surface area contributed by atoms with E-state index in [1.807, 2.05) is 0 Å². The lowest BCUT2D eigenvalue weighted by atomic mass is 10.1. The highest BCUT2D eigenvalue weighted by Crippen LogP contribution is 2.17. The molecule has 1 heterocycles. The fourth-order valence-corrected chi connectivity index (χ4v) is 1.55. The Kier molecular flexibility index (Phi) is 3.24. The zero-order chi connectivity index (χ0) is 12.4. The monoisotopic (exact) mass is 256 g/mol. The van der Waals surface area contributed by atoms with Crippen molar-refractivity contribution in [1.82, 2.24) is 0 Å². The minimum atomic E-state index is -0.627. The molecule has 17 heavy (non-hydrogen) atoms. The fraction of sp³-hybridized carbons (Fsp3) is 0.0833. The van der Waals surface area contributed by atoms with Gasteiger partial charge in [0.25, 0.3) is 0 Å². The Morgan fingerprint density at radius 2 is 2.00 bits per heavy atom. The molecular formula is C12H7ClF2O2. The van der Waals surface area contributed by atoms with Crippen molar-refractivity contribution in [2.75, 3.05) is 0 Å². The van der Waals surface area contributed by atoms with Crippen molar-refractivity contribution in [2.45, 2.75) is 6.42 Å². The molecule has 0 saturated carbocycles. The molecule has 1 aromatic carbocycles. The molecule has 0 N–H and O–H groups in total. The Morgan fingerprint density at radius 1 is 1.24 bits per heavy atom. The smallest absolute Gasteiger partial charge is 0.202 e. The van der Waals surface area contributed by atoms with Crippen LogP contribution in [0.1, 0.15) is 16.1 Å². The van der Waals surface area contributed by atoms with Crippen LogP contribution in [0, 0.1) is 11.6 Å². The number of rotatable bonds is 3. The van der Waals surface area contributed by atoms with Gasteiger partial charge in [0.05, 0.1) is 0 Å². The van der Waals surface area contributed by atoms with Crippen molar-refractivity contribution in [3.63, 3.8) is 0 Å². The molecule has 2 rings (SSSR count). The number of furan rings is 1. The van der Waals surface area contributed by atoms with Gasteiger partial charge in [0.2, 0.25) is 5.78 Å². The van der Waals surface area contributed by atoms with Gasteiger partial charge in [-0.2, -0.15) is 0 Å². The number of carbonyl (C=O) groups is 1. The summed E-state index contributed by atoms with van der Waals surface area (Å²) in [6.45, 7) is 0. The van der Waals surface area contributed by atoms with Crippen LogP contribution >= 0.6 is 11.6 Å². The van der Waals surface area contributed by atoms with Gasteiger partial charge in [-0.1, -0.05) is 0 Å². The Hall–Kier alpha value is -1.68. The van der Waals surface area contributed by atoms with Crippen LogP contribution in [0.3, 0.4) is 0 Å².